The van der Waals surface area contributed by atoms with E-state index in [9.17, 15) is 9.59 Å². The predicted octanol–water partition coefficient (Wildman–Crippen LogP) is 4.53. The molecule has 2 heterocycles. The normalized spacial score (nSPS) is 15.2. The van der Waals surface area contributed by atoms with Gasteiger partial charge in [0.25, 0.3) is 5.91 Å². The number of rotatable bonds is 6. The summed E-state index contributed by atoms with van der Waals surface area (Å²) in [6, 6.07) is 20.9. The smallest absolute Gasteiger partial charge is 0.260 e. The molecule has 30 heavy (non-hydrogen) atoms. The van der Waals surface area contributed by atoms with Gasteiger partial charge in [-0.2, -0.15) is 0 Å². The van der Waals surface area contributed by atoms with E-state index >= 15 is 0 Å². The Kier molecular flexibility index (Phi) is 5.61. The second kappa shape index (κ2) is 8.49. The number of pyridine rings is 1. The number of hydrogen-bond donors (Lipinski definition) is 0. The van der Waals surface area contributed by atoms with Gasteiger partial charge in [-0.3, -0.25) is 19.5 Å². The summed E-state index contributed by atoms with van der Waals surface area (Å²) >= 11 is 0. The van der Waals surface area contributed by atoms with Crippen LogP contribution in [0.4, 0.5) is 5.69 Å². The molecule has 0 fully saturated rings. The molecule has 5 nitrogen and oxygen atoms in total. The highest BCUT2D eigenvalue weighted by Crippen LogP contribution is 2.38. The van der Waals surface area contributed by atoms with Crippen molar-refractivity contribution < 1.29 is 9.59 Å². The first kappa shape index (κ1) is 19.8. The van der Waals surface area contributed by atoms with Crippen LogP contribution in [0.1, 0.15) is 46.6 Å². The van der Waals surface area contributed by atoms with E-state index in [0.717, 1.165) is 16.8 Å². The molecule has 1 aliphatic rings. The van der Waals surface area contributed by atoms with Gasteiger partial charge in [-0.05, 0) is 49.2 Å². The Morgan fingerprint density at radius 2 is 1.87 bits per heavy atom. The van der Waals surface area contributed by atoms with Crippen molar-refractivity contribution >= 4 is 17.5 Å². The van der Waals surface area contributed by atoms with Crippen LogP contribution in [-0.2, 0) is 11.3 Å². The number of amides is 2. The van der Waals surface area contributed by atoms with Crippen molar-refractivity contribution in [3.8, 4) is 0 Å². The Morgan fingerprint density at radius 1 is 1.07 bits per heavy atom. The predicted molar refractivity (Wildman–Crippen MR) is 117 cm³/mol. The van der Waals surface area contributed by atoms with E-state index in [2.05, 4.69) is 4.98 Å². The number of anilines is 1. The zero-order valence-electron chi connectivity index (χ0n) is 17.3. The zero-order valence-corrected chi connectivity index (χ0v) is 17.3. The van der Waals surface area contributed by atoms with E-state index in [0.29, 0.717) is 24.3 Å². The van der Waals surface area contributed by atoms with Crippen LogP contribution in [0.3, 0.4) is 0 Å². The van der Waals surface area contributed by atoms with Crippen LogP contribution >= 0.6 is 0 Å². The first-order valence-corrected chi connectivity index (χ1v) is 10.3. The second-order valence-electron chi connectivity index (χ2n) is 7.56. The molecule has 0 saturated heterocycles. The quantitative estimate of drug-likeness (QED) is 0.612. The van der Waals surface area contributed by atoms with Gasteiger partial charge in [0.15, 0.2) is 0 Å². The lowest BCUT2D eigenvalue weighted by molar-refractivity contribution is -0.132. The Labute approximate surface area is 177 Å². The summed E-state index contributed by atoms with van der Waals surface area (Å²) in [6.07, 6.45) is 1.88. The molecule has 0 saturated carbocycles. The molecule has 1 aromatic heterocycles. The molecule has 152 valence electrons. The molecule has 3 aromatic rings. The highest BCUT2D eigenvalue weighted by atomic mass is 16.2. The number of aromatic nitrogens is 1. The molecule has 1 aliphatic heterocycles. The van der Waals surface area contributed by atoms with Gasteiger partial charge in [-0.1, -0.05) is 42.5 Å². The first-order chi connectivity index (χ1) is 14.6. The van der Waals surface area contributed by atoms with Gasteiger partial charge in [0.05, 0.1) is 23.7 Å². The van der Waals surface area contributed by atoms with E-state index in [4.69, 9.17) is 0 Å². The molecule has 4 rings (SSSR count). The molecule has 0 bridgehead atoms. The van der Waals surface area contributed by atoms with Crippen LogP contribution in [0.5, 0.6) is 0 Å². The number of benzene rings is 2. The molecule has 0 spiro atoms. The van der Waals surface area contributed by atoms with Crippen molar-refractivity contribution in [2.75, 3.05) is 11.4 Å². The Bertz CT molecular complexity index is 1060. The van der Waals surface area contributed by atoms with Crippen molar-refractivity contribution in [2.24, 2.45) is 0 Å². The number of nitrogens with zero attached hydrogens (tertiary/aromatic N) is 3. The van der Waals surface area contributed by atoms with Crippen LogP contribution in [-0.4, -0.2) is 28.2 Å². The minimum absolute atomic E-state index is 0.00955. The third-order valence-electron chi connectivity index (χ3n) is 5.51. The number of hydrogen-bond acceptors (Lipinski definition) is 3. The summed E-state index contributed by atoms with van der Waals surface area (Å²) in [7, 11) is 0. The maximum Gasteiger partial charge on any atom is 0.260 e. The summed E-state index contributed by atoms with van der Waals surface area (Å²) in [5.41, 5.74) is 4.19. The number of fused-ring (bicyclic) bond motifs is 1. The van der Waals surface area contributed by atoms with E-state index < -0.39 is 6.04 Å². The zero-order chi connectivity index (χ0) is 21.1. The minimum Gasteiger partial charge on any atom is -0.339 e. The van der Waals surface area contributed by atoms with E-state index in [1.807, 2.05) is 73.3 Å². The van der Waals surface area contributed by atoms with Crippen molar-refractivity contribution in [3.63, 3.8) is 0 Å². The van der Waals surface area contributed by atoms with Gasteiger partial charge in [-0.15, -0.1) is 0 Å². The van der Waals surface area contributed by atoms with Crippen molar-refractivity contribution in [1.29, 1.82) is 0 Å². The highest BCUT2D eigenvalue weighted by molar-refractivity contribution is 6.11. The Morgan fingerprint density at radius 3 is 2.60 bits per heavy atom. The number of aryl methyl sites for hydroxylation is 1. The maximum atomic E-state index is 13.3. The average molecular weight is 399 g/mol. The molecule has 1 unspecified atom stereocenters. The third kappa shape index (κ3) is 3.83. The number of carbonyl (C=O) groups excluding carboxylic acids is 2. The fourth-order valence-corrected chi connectivity index (χ4v) is 4.00. The monoisotopic (exact) mass is 399 g/mol. The van der Waals surface area contributed by atoms with E-state index in [1.54, 1.807) is 23.2 Å². The van der Waals surface area contributed by atoms with Gasteiger partial charge in [0.1, 0.15) is 0 Å². The van der Waals surface area contributed by atoms with Crippen LogP contribution in [0, 0.1) is 6.92 Å². The average Bonchev–Trinajstić information content (AvgIpc) is 3.04. The first-order valence-electron chi connectivity index (χ1n) is 10.3. The molecule has 0 aliphatic carbocycles. The minimum atomic E-state index is -0.409. The number of carbonyl (C=O) groups is 2. The fraction of sp³-hybridized carbons (Fsp3) is 0.240. The summed E-state index contributed by atoms with van der Waals surface area (Å²) in [5.74, 6) is -0.0945. The topological polar surface area (TPSA) is 53.5 Å². The molecular formula is C25H25N3O2. The SMILES string of the molecule is CCN(Cc1ccccc1)C(=O)CC1c2ncccc2C(=O)N1c1cccc(C)c1. The van der Waals surface area contributed by atoms with Gasteiger partial charge in [0, 0.05) is 25.0 Å². The Balaban J connectivity index is 1.64. The van der Waals surface area contributed by atoms with Crippen LogP contribution in [0.25, 0.3) is 0 Å². The molecular weight excluding hydrogens is 374 g/mol. The van der Waals surface area contributed by atoms with Crippen molar-refractivity contribution in [1.82, 2.24) is 9.88 Å². The third-order valence-corrected chi connectivity index (χ3v) is 5.51. The molecule has 1 atom stereocenters. The lowest BCUT2D eigenvalue weighted by Crippen LogP contribution is -2.35. The van der Waals surface area contributed by atoms with Gasteiger partial charge in [-0.25, -0.2) is 0 Å². The lowest BCUT2D eigenvalue weighted by Gasteiger charge is -2.28. The molecule has 5 heteroatoms. The van der Waals surface area contributed by atoms with E-state index in [-0.39, 0.29) is 18.2 Å². The standard InChI is InChI=1S/C25H25N3O2/c1-3-27(17-19-10-5-4-6-11-19)23(29)16-22-24-21(13-8-14-26-24)25(30)28(22)20-12-7-9-18(2)15-20/h4-15,22H,3,16-17H2,1-2H3. The van der Waals surface area contributed by atoms with Crippen LogP contribution in [0.2, 0.25) is 0 Å². The molecule has 0 radical (unpaired) electrons. The van der Waals surface area contributed by atoms with Crippen molar-refractivity contribution in [2.45, 2.75) is 32.9 Å². The summed E-state index contributed by atoms with van der Waals surface area (Å²) in [6.45, 7) is 5.13. The van der Waals surface area contributed by atoms with Crippen LogP contribution < -0.4 is 4.90 Å². The molecule has 0 N–H and O–H groups in total. The summed E-state index contributed by atoms with van der Waals surface area (Å²) in [5, 5.41) is 0. The van der Waals surface area contributed by atoms with Gasteiger partial charge < -0.3 is 4.90 Å². The largest absolute Gasteiger partial charge is 0.339 e. The maximum absolute atomic E-state index is 13.3. The summed E-state index contributed by atoms with van der Waals surface area (Å²) < 4.78 is 0. The van der Waals surface area contributed by atoms with Crippen LogP contribution in [0.15, 0.2) is 72.9 Å². The molecule has 2 amide bonds. The fourth-order valence-electron chi connectivity index (χ4n) is 4.00. The lowest BCUT2D eigenvalue weighted by atomic mass is 10.1. The van der Waals surface area contributed by atoms with E-state index in [1.165, 1.54) is 0 Å². The van der Waals surface area contributed by atoms with Crippen molar-refractivity contribution in [3.05, 3.63) is 95.3 Å². The van der Waals surface area contributed by atoms with Gasteiger partial charge in [0.2, 0.25) is 5.91 Å². The Hall–Kier alpha value is -3.47. The second-order valence-corrected chi connectivity index (χ2v) is 7.56. The van der Waals surface area contributed by atoms with Gasteiger partial charge >= 0.3 is 0 Å². The highest BCUT2D eigenvalue weighted by Gasteiger charge is 2.40. The summed E-state index contributed by atoms with van der Waals surface area (Å²) in [4.78, 5) is 34.5. The molecule has 2 aromatic carbocycles.